The van der Waals surface area contributed by atoms with Gasteiger partial charge in [0.1, 0.15) is 17.6 Å². The Bertz CT molecular complexity index is 1350. The minimum absolute atomic E-state index is 0.153. The number of aromatic nitrogens is 1. The molecule has 1 atom stereocenters. The van der Waals surface area contributed by atoms with Crippen molar-refractivity contribution in [1.82, 2.24) is 4.98 Å². The maximum atomic E-state index is 13.3. The zero-order valence-corrected chi connectivity index (χ0v) is 21.1. The van der Waals surface area contributed by atoms with Crippen molar-refractivity contribution in [3.63, 3.8) is 0 Å². The van der Waals surface area contributed by atoms with Gasteiger partial charge in [-0.05, 0) is 67.9 Å². The van der Waals surface area contributed by atoms with Gasteiger partial charge in [0.2, 0.25) is 0 Å². The highest BCUT2D eigenvalue weighted by Gasteiger charge is 2.47. The Balaban J connectivity index is 1.83. The number of amides is 1. The molecule has 37 heavy (non-hydrogen) atoms. The molecule has 4 rings (SSSR count). The van der Waals surface area contributed by atoms with Gasteiger partial charge < -0.3 is 14.6 Å². The maximum Gasteiger partial charge on any atom is 0.338 e. The summed E-state index contributed by atoms with van der Waals surface area (Å²) in [5.74, 6) is -2.22. The molecule has 0 aliphatic carbocycles. The van der Waals surface area contributed by atoms with E-state index in [1.165, 1.54) is 29.3 Å². The second-order valence-electron chi connectivity index (χ2n) is 8.18. The molecule has 1 aliphatic rings. The molecular weight excluding hydrogens is 496 g/mol. The van der Waals surface area contributed by atoms with Gasteiger partial charge in [-0.2, -0.15) is 0 Å². The zero-order valence-electron chi connectivity index (χ0n) is 20.3. The fourth-order valence-corrected chi connectivity index (χ4v) is 4.25. The summed E-state index contributed by atoms with van der Waals surface area (Å²) >= 11 is 6.37. The molecule has 3 aromatic rings. The Morgan fingerprint density at radius 2 is 1.84 bits per heavy atom. The largest absolute Gasteiger partial charge is 0.507 e. The highest BCUT2D eigenvalue weighted by atomic mass is 35.5. The van der Waals surface area contributed by atoms with Gasteiger partial charge in [0, 0.05) is 17.4 Å². The van der Waals surface area contributed by atoms with Gasteiger partial charge in [0.25, 0.3) is 11.7 Å². The lowest BCUT2D eigenvalue weighted by Crippen LogP contribution is -2.29. The number of aliphatic hydroxyl groups is 1. The third kappa shape index (κ3) is 5.20. The first kappa shape index (κ1) is 25.9. The number of ether oxygens (including phenoxy) is 2. The highest BCUT2D eigenvalue weighted by molar-refractivity contribution is 6.52. The second kappa shape index (κ2) is 11.3. The molecule has 2 aromatic carbocycles. The summed E-state index contributed by atoms with van der Waals surface area (Å²) in [6.45, 7) is 4.39. The number of Topliss-reactive ketones (excluding diaryl/α,β-unsaturated/α-hetero) is 1. The molecule has 9 heteroatoms. The van der Waals surface area contributed by atoms with E-state index in [4.69, 9.17) is 21.1 Å². The van der Waals surface area contributed by atoms with Crippen molar-refractivity contribution in [2.45, 2.75) is 26.3 Å². The number of hydrogen-bond acceptors (Lipinski definition) is 7. The van der Waals surface area contributed by atoms with Crippen molar-refractivity contribution in [2.75, 3.05) is 18.1 Å². The van der Waals surface area contributed by atoms with Crippen LogP contribution in [-0.2, 0) is 14.3 Å². The number of ketones is 1. The average Bonchev–Trinajstić information content (AvgIpc) is 3.18. The number of pyridine rings is 1. The van der Waals surface area contributed by atoms with Gasteiger partial charge in [-0.3, -0.25) is 19.5 Å². The molecular formula is C28H25ClN2O6. The Morgan fingerprint density at radius 3 is 2.49 bits per heavy atom. The molecule has 1 unspecified atom stereocenters. The summed E-state index contributed by atoms with van der Waals surface area (Å²) in [6, 6.07) is 14.9. The minimum Gasteiger partial charge on any atom is -0.507 e. The summed E-state index contributed by atoms with van der Waals surface area (Å²) in [6.07, 6.45) is 2.22. The van der Waals surface area contributed by atoms with Gasteiger partial charge in [-0.25, -0.2) is 4.79 Å². The molecule has 0 radical (unpaired) electrons. The van der Waals surface area contributed by atoms with Gasteiger partial charge >= 0.3 is 5.97 Å². The Morgan fingerprint density at radius 1 is 1.08 bits per heavy atom. The number of nitrogens with zero attached hydrogens (tertiary/aromatic N) is 2. The molecule has 0 bridgehead atoms. The van der Waals surface area contributed by atoms with Crippen LogP contribution >= 0.6 is 11.6 Å². The monoisotopic (exact) mass is 520 g/mol. The number of aliphatic hydroxyl groups excluding tert-OH is 1. The fourth-order valence-electron chi connectivity index (χ4n) is 4.04. The lowest BCUT2D eigenvalue weighted by molar-refractivity contribution is -0.132. The standard InChI is InChI=1S/C28H25ClN2O6/c1-3-15-37-28(35)17-8-10-18(11-9-17)31-24(22-7-5-6-14-30-22)23(26(33)27(31)34)25(32)20-16-19(36-4-2)12-13-21(20)29/h5-14,16,24,32H,3-4,15H2,1-2H3/b25-23+. The van der Waals surface area contributed by atoms with E-state index in [1.807, 2.05) is 13.8 Å². The van der Waals surface area contributed by atoms with Crippen LogP contribution in [0.4, 0.5) is 5.69 Å². The van der Waals surface area contributed by atoms with Gasteiger partial charge in [0.15, 0.2) is 0 Å². The summed E-state index contributed by atoms with van der Waals surface area (Å²) < 4.78 is 10.7. The van der Waals surface area contributed by atoms with E-state index >= 15 is 0 Å². The van der Waals surface area contributed by atoms with Crippen LogP contribution in [0.5, 0.6) is 5.75 Å². The van der Waals surface area contributed by atoms with Crippen molar-refractivity contribution in [2.24, 2.45) is 0 Å². The number of carbonyl (C=O) groups excluding carboxylic acids is 3. The number of esters is 1. The van der Waals surface area contributed by atoms with E-state index in [9.17, 15) is 19.5 Å². The number of rotatable bonds is 8. The molecule has 1 fully saturated rings. The zero-order chi connectivity index (χ0) is 26.5. The predicted molar refractivity (Wildman–Crippen MR) is 139 cm³/mol. The van der Waals surface area contributed by atoms with Crippen molar-refractivity contribution >= 4 is 40.7 Å². The van der Waals surface area contributed by atoms with Crippen LogP contribution in [0.15, 0.2) is 72.4 Å². The lowest BCUT2D eigenvalue weighted by atomic mass is 9.98. The fraction of sp³-hybridized carbons (Fsp3) is 0.214. The lowest BCUT2D eigenvalue weighted by Gasteiger charge is -2.24. The third-order valence-electron chi connectivity index (χ3n) is 5.73. The molecule has 1 amide bonds. The van der Waals surface area contributed by atoms with Gasteiger partial charge in [-0.1, -0.05) is 24.6 Å². The van der Waals surface area contributed by atoms with E-state index in [0.29, 0.717) is 42.3 Å². The number of carbonyl (C=O) groups is 3. The summed E-state index contributed by atoms with van der Waals surface area (Å²) in [4.78, 5) is 44.4. The molecule has 190 valence electrons. The van der Waals surface area contributed by atoms with Crippen molar-refractivity contribution < 1.29 is 29.0 Å². The van der Waals surface area contributed by atoms with Crippen LogP contribution in [-0.4, -0.2) is 41.0 Å². The first-order valence-corrected chi connectivity index (χ1v) is 12.2. The summed E-state index contributed by atoms with van der Waals surface area (Å²) in [5.41, 5.74) is 1.01. The molecule has 1 aliphatic heterocycles. The first-order valence-electron chi connectivity index (χ1n) is 11.8. The van der Waals surface area contributed by atoms with E-state index in [0.717, 1.165) is 0 Å². The molecule has 1 saturated heterocycles. The molecule has 1 N–H and O–H groups in total. The Kier molecular flexibility index (Phi) is 7.89. The predicted octanol–water partition coefficient (Wildman–Crippen LogP) is 5.33. The number of anilines is 1. The van der Waals surface area contributed by atoms with E-state index < -0.39 is 29.5 Å². The van der Waals surface area contributed by atoms with Crippen LogP contribution in [0, 0.1) is 0 Å². The van der Waals surface area contributed by atoms with Crippen LogP contribution < -0.4 is 9.64 Å². The summed E-state index contributed by atoms with van der Waals surface area (Å²) in [5, 5.41) is 11.5. The quantitative estimate of drug-likeness (QED) is 0.185. The van der Waals surface area contributed by atoms with Crippen LogP contribution in [0.3, 0.4) is 0 Å². The van der Waals surface area contributed by atoms with Crippen LogP contribution in [0.2, 0.25) is 5.02 Å². The highest BCUT2D eigenvalue weighted by Crippen LogP contribution is 2.42. The topological polar surface area (TPSA) is 106 Å². The minimum atomic E-state index is -1.04. The van der Waals surface area contributed by atoms with E-state index in [1.54, 1.807) is 42.5 Å². The second-order valence-corrected chi connectivity index (χ2v) is 8.59. The van der Waals surface area contributed by atoms with Crippen molar-refractivity contribution in [3.8, 4) is 5.75 Å². The molecule has 2 heterocycles. The smallest absolute Gasteiger partial charge is 0.338 e. The average molecular weight is 521 g/mol. The molecule has 8 nitrogen and oxygen atoms in total. The number of benzene rings is 2. The maximum absolute atomic E-state index is 13.3. The molecule has 0 spiro atoms. The Hall–Kier alpha value is -4.17. The van der Waals surface area contributed by atoms with E-state index in [2.05, 4.69) is 4.98 Å². The normalized spacial score (nSPS) is 16.6. The first-order chi connectivity index (χ1) is 17.9. The van der Waals surface area contributed by atoms with Crippen LogP contribution in [0.1, 0.15) is 47.9 Å². The molecule has 1 aromatic heterocycles. The van der Waals surface area contributed by atoms with Crippen molar-refractivity contribution in [3.05, 3.63) is 94.3 Å². The summed E-state index contributed by atoms with van der Waals surface area (Å²) in [7, 11) is 0. The molecule has 0 saturated carbocycles. The SMILES string of the molecule is CCCOC(=O)c1ccc(N2C(=O)C(=O)/C(=C(/O)c3cc(OCC)ccc3Cl)C2c2ccccn2)cc1. The third-order valence-corrected chi connectivity index (χ3v) is 6.06. The number of hydrogen-bond donors (Lipinski definition) is 1. The van der Waals surface area contributed by atoms with E-state index in [-0.39, 0.29) is 16.2 Å². The number of halogens is 1. The van der Waals surface area contributed by atoms with Crippen LogP contribution in [0.25, 0.3) is 5.76 Å². The van der Waals surface area contributed by atoms with Gasteiger partial charge in [0.05, 0.1) is 35.1 Å². The Labute approximate surface area is 219 Å². The van der Waals surface area contributed by atoms with Crippen molar-refractivity contribution in [1.29, 1.82) is 0 Å². The van der Waals surface area contributed by atoms with Gasteiger partial charge in [-0.15, -0.1) is 0 Å².